The first-order valence-electron chi connectivity index (χ1n) is 11.4. The Morgan fingerprint density at radius 2 is 1.70 bits per heavy atom. The lowest BCUT2D eigenvalue weighted by Crippen LogP contribution is -2.45. The van der Waals surface area contributed by atoms with Crippen LogP contribution in [0, 0.1) is 26.7 Å². The fourth-order valence-electron chi connectivity index (χ4n) is 4.62. The molecule has 2 fully saturated rings. The Labute approximate surface area is 195 Å². The molecule has 1 unspecified atom stereocenters. The van der Waals surface area contributed by atoms with Crippen LogP contribution in [0.5, 0.6) is 0 Å². The SMILES string of the molecule is Cc1cc(C)c(S(=O)(=O)Nc2cccc(C(=O)N3CCCC(C(=O)NC4CC4)C3)c2)c(C)c1. The number of anilines is 1. The van der Waals surface area contributed by atoms with Gasteiger partial charge in [0.15, 0.2) is 0 Å². The largest absolute Gasteiger partial charge is 0.353 e. The second-order valence-corrected chi connectivity index (χ2v) is 10.9. The van der Waals surface area contributed by atoms with E-state index in [2.05, 4.69) is 10.0 Å². The van der Waals surface area contributed by atoms with E-state index in [1.165, 1.54) is 0 Å². The van der Waals surface area contributed by atoms with Gasteiger partial charge in [0.2, 0.25) is 5.91 Å². The average Bonchev–Trinajstić information content (AvgIpc) is 3.56. The number of hydrogen-bond acceptors (Lipinski definition) is 4. The molecular formula is C25H31N3O4S. The third kappa shape index (κ3) is 5.38. The molecule has 2 aromatic rings. The molecule has 4 rings (SSSR count). The van der Waals surface area contributed by atoms with E-state index < -0.39 is 10.0 Å². The van der Waals surface area contributed by atoms with E-state index in [9.17, 15) is 18.0 Å². The van der Waals surface area contributed by atoms with Gasteiger partial charge in [0, 0.05) is 30.4 Å². The Balaban J connectivity index is 1.49. The lowest BCUT2D eigenvalue weighted by atomic mass is 9.96. The van der Waals surface area contributed by atoms with Crippen molar-refractivity contribution in [1.29, 1.82) is 0 Å². The van der Waals surface area contributed by atoms with E-state index in [0.29, 0.717) is 41.5 Å². The molecule has 2 N–H and O–H groups in total. The summed E-state index contributed by atoms with van der Waals surface area (Å²) in [5.74, 6) is -0.361. The van der Waals surface area contributed by atoms with Crippen LogP contribution in [-0.4, -0.2) is 44.3 Å². The quantitative estimate of drug-likeness (QED) is 0.676. The molecule has 1 aliphatic heterocycles. The van der Waals surface area contributed by atoms with Crippen LogP contribution in [-0.2, 0) is 14.8 Å². The van der Waals surface area contributed by atoms with Crippen molar-refractivity contribution in [3.8, 4) is 0 Å². The number of likely N-dealkylation sites (tertiary alicyclic amines) is 1. The molecule has 8 heteroatoms. The first-order chi connectivity index (χ1) is 15.6. The molecule has 0 spiro atoms. The summed E-state index contributed by atoms with van der Waals surface area (Å²) in [5.41, 5.74) is 3.09. The first kappa shape index (κ1) is 23.3. The fraction of sp³-hybridized carbons (Fsp3) is 0.440. The second-order valence-electron chi connectivity index (χ2n) is 9.29. The van der Waals surface area contributed by atoms with Crippen molar-refractivity contribution in [3.05, 3.63) is 58.7 Å². The number of amides is 2. The Kier molecular flexibility index (Phi) is 6.47. The predicted octanol–water partition coefficient (Wildman–Crippen LogP) is 3.54. The van der Waals surface area contributed by atoms with Crippen LogP contribution < -0.4 is 10.0 Å². The number of sulfonamides is 1. The molecule has 1 saturated carbocycles. The zero-order chi connectivity index (χ0) is 23.8. The number of carbonyl (C=O) groups excluding carboxylic acids is 2. The van der Waals surface area contributed by atoms with Crippen molar-refractivity contribution in [2.75, 3.05) is 17.8 Å². The van der Waals surface area contributed by atoms with Crippen molar-refractivity contribution < 1.29 is 18.0 Å². The van der Waals surface area contributed by atoms with E-state index in [1.807, 2.05) is 19.1 Å². The molecule has 2 aliphatic rings. The van der Waals surface area contributed by atoms with Gasteiger partial charge in [-0.1, -0.05) is 23.8 Å². The summed E-state index contributed by atoms with van der Waals surface area (Å²) in [4.78, 5) is 27.6. The van der Waals surface area contributed by atoms with Gasteiger partial charge >= 0.3 is 0 Å². The van der Waals surface area contributed by atoms with Crippen molar-refractivity contribution in [3.63, 3.8) is 0 Å². The molecule has 33 heavy (non-hydrogen) atoms. The number of nitrogens with zero attached hydrogens (tertiary/aromatic N) is 1. The summed E-state index contributed by atoms with van der Waals surface area (Å²) in [6.45, 7) is 6.46. The fourth-order valence-corrected chi connectivity index (χ4v) is 6.12. The highest BCUT2D eigenvalue weighted by molar-refractivity contribution is 7.92. The molecule has 2 aromatic carbocycles. The van der Waals surface area contributed by atoms with Gasteiger partial charge in [-0.05, 0) is 75.8 Å². The van der Waals surface area contributed by atoms with Crippen LogP contribution in [0.25, 0.3) is 0 Å². The van der Waals surface area contributed by atoms with E-state index in [0.717, 1.165) is 31.2 Å². The predicted molar refractivity (Wildman–Crippen MR) is 128 cm³/mol. The number of hydrogen-bond donors (Lipinski definition) is 2. The lowest BCUT2D eigenvalue weighted by molar-refractivity contribution is -0.126. The molecule has 1 saturated heterocycles. The number of carbonyl (C=O) groups is 2. The molecule has 7 nitrogen and oxygen atoms in total. The molecule has 0 bridgehead atoms. The molecule has 176 valence electrons. The van der Waals surface area contributed by atoms with Gasteiger partial charge in [0.1, 0.15) is 0 Å². The normalized spacial score (nSPS) is 18.6. The van der Waals surface area contributed by atoms with Gasteiger partial charge in [-0.3, -0.25) is 14.3 Å². The monoisotopic (exact) mass is 469 g/mol. The van der Waals surface area contributed by atoms with Crippen molar-refractivity contribution >= 4 is 27.5 Å². The first-order valence-corrected chi connectivity index (χ1v) is 12.9. The molecule has 0 aromatic heterocycles. The van der Waals surface area contributed by atoms with Crippen LogP contribution in [0.1, 0.15) is 52.7 Å². The van der Waals surface area contributed by atoms with Crippen LogP contribution in [0.3, 0.4) is 0 Å². The highest BCUT2D eigenvalue weighted by atomic mass is 32.2. The number of benzene rings is 2. The molecular weight excluding hydrogens is 438 g/mol. The van der Waals surface area contributed by atoms with Gasteiger partial charge in [-0.2, -0.15) is 0 Å². The Bertz CT molecular complexity index is 1160. The molecule has 1 atom stereocenters. The number of piperidine rings is 1. The van der Waals surface area contributed by atoms with E-state index in [-0.39, 0.29) is 22.6 Å². The Hall–Kier alpha value is -2.87. The maximum absolute atomic E-state index is 13.2. The van der Waals surface area contributed by atoms with Gasteiger partial charge in [-0.15, -0.1) is 0 Å². The van der Waals surface area contributed by atoms with Crippen LogP contribution in [0.15, 0.2) is 41.3 Å². The molecule has 1 heterocycles. The molecule has 2 amide bonds. The summed E-state index contributed by atoms with van der Waals surface area (Å²) in [6, 6.07) is 10.5. The maximum Gasteiger partial charge on any atom is 0.262 e. The highest BCUT2D eigenvalue weighted by Crippen LogP contribution is 2.26. The number of aryl methyl sites for hydroxylation is 3. The number of rotatable bonds is 6. The zero-order valence-electron chi connectivity index (χ0n) is 19.3. The summed E-state index contributed by atoms with van der Waals surface area (Å²) in [5, 5.41) is 3.03. The van der Waals surface area contributed by atoms with Crippen LogP contribution in [0.4, 0.5) is 5.69 Å². The minimum atomic E-state index is -3.81. The molecule has 0 radical (unpaired) electrons. The topological polar surface area (TPSA) is 95.6 Å². The van der Waals surface area contributed by atoms with Crippen LogP contribution >= 0.6 is 0 Å². The van der Waals surface area contributed by atoms with Gasteiger partial charge < -0.3 is 10.2 Å². The summed E-state index contributed by atoms with van der Waals surface area (Å²) in [6.07, 6.45) is 3.61. The zero-order valence-corrected chi connectivity index (χ0v) is 20.2. The van der Waals surface area contributed by atoms with E-state index in [1.54, 1.807) is 43.0 Å². The Morgan fingerprint density at radius 1 is 1.00 bits per heavy atom. The second kappa shape index (κ2) is 9.17. The Morgan fingerprint density at radius 3 is 2.36 bits per heavy atom. The standard InChI is InChI=1S/C25H31N3O4S/c1-16-12-17(2)23(18(3)13-16)33(31,32)27-22-8-4-6-19(14-22)25(30)28-11-5-7-20(15-28)24(29)26-21-9-10-21/h4,6,8,12-14,20-21,27H,5,7,9-11,15H2,1-3H3,(H,26,29). The maximum atomic E-state index is 13.2. The number of nitrogens with one attached hydrogen (secondary N) is 2. The summed E-state index contributed by atoms with van der Waals surface area (Å²) < 4.78 is 28.8. The molecule has 1 aliphatic carbocycles. The van der Waals surface area contributed by atoms with Crippen molar-refractivity contribution in [1.82, 2.24) is 10.2 Å². The highest BCUT2D eigenvalue weighted by Gasteiger charge is 2.32. The van der Waals surface area contributed by atoms with Gasteiger partial charge in [0.25, 0.3) is 15.9 Å². The van der Waals surface area contributed by atoms with E-state index >= 15 is 0 Å². The third-order valence-corrected chi connectivity index (χ3v) is 7.92. The summed E-state index contributed by atoms with van der Waals surface area (Å²) in [7, 11) is -3.81. The lowest BCUT2D eigenvalue weighted by Gasteiger charge is -2.32. The van der Waals surface area contributed by atoms with Gasteiger partial charge in [0.05, 0.1) is 10.8 Å². The minimum absolute atomic E-state index is 0.0281. The summed E-state index contributed by atoms with van der Waals surface area (Å²) >= 11 is 0. The van der Waals surface area contributed by atoms with Gasteiger partial charge in [-0.25, -0.2) is 8.42 Å². The smallest absolute Gasteiger partial charge is 0.262 e. The minimum Gasteiger partial charge on any atom is -0.353 e. The van der Waals surface area contributed by atoms with Crippen LogP contribution in [0.2, 0.25) is 0 Å². The van der Waals surface area contributed by atoms with Crippen molar-refractivity contribution in [2.24, 2.45) is 5.92 Å². The average molecular weight is 470 g/mol. The third-order valence-electron chi connectivity index (χ3n) is 6.24. The van der Waals surface area contributed by atoms with Crippen molar-refractivity contribution in [2.45, 2.75) is 57.4 Å². The van der Waals surface area contributed by atoms with E-state index in [4.69, 9.17) is 0 Å².